The van der Waals surface area contributed by atoms with Gasteiger partial charge < -0.3 is 9.14 Å². The maximum atomic E-state index is 12.0. The van der Waals surface area contributed by atoms with E-state index in [1.807, 2.05) is 35.7 Å². The van der Waals surface area contributed by atoms with Crippen LogP contribution in [-0.2, 0) is 11.2 Å². The van der Waals surface area contributed by atoms with Crippen LogP contribution in [0.15, 0.2) is 53.8 Å². The van der Waals surface area contributed by atoms with Crippen molar-refractivity contribution >= 4 is 29.2 Å². The van der Waals surface area contributed by atoms with E-state index in [4.69, 9.17) is 16.3 Å². The normalized spacial score (nSPS) is 11.2. The fraction of sp³-hybridized carbons (Fsp3) is 0.200. The number of nitrogens with zero attached hydrogens (tertiary/aromatic N) is 2. The molecule has 134 valence electrons. The van der Waals surface area contributed by atoms with Gasteiger partial charge in [0.1, 0.15) is 5.75 Å². The lowest BCUT2D eigenvalue weighted by Crippen LogP contribution is -2.24. The summed E-state index contributed by atoms with van der Waals surface area (Å²) >= 11 is 5.91. The predicted octanol–water partition coefficient (Wildman–Crippen LogP) is 3.99. The Morgan fingerprint density at radius 3 is 2.92 bits per heavy atom. The summed E-state index contributed by atoms with van der Waals surface area (Å²) < 4.78 is 7.55. The number of fused-ring (bicyclic) bond motifs is 1. The molecule has 0 spiro atoms. The standard InChI is InChI=1S/C20H20ClN3O2/c1-3-15-11-17-6-4-5-9-24(17)18(15)12-22-23-20(25)13-26-19-8-7-16(21)10-14(19)2/h4-12H,3,13H2,1-2H3,(H,23,25)/b22-12+. The zero-order valence-electron chi connectivity index (χ0n) is 14.7. The lowest BCUT2D eigenvalue weighted by atomic mass is 10.2. The molecule has 5 nitrogen and oxygen atoms in total. The molecule has 1 aromatic carbocycles. The SMILES string of the molecule is CCc1cc2ccccn2c1/C=N/NC(=O)COc1ccc(Cl)cc1C. The number of nitrogens with one attached hydrogen (secondary N) is 1. The number of ether oxygens (including phenoxy) is 1. The first-order valence-corrected chi connectivity index (χ1v) is 8.76. The summed E-state index contributed by atoms with van der Waals surface area (Å²) in [5.41, 5.74) is 6.60. The van der Waals surface area contributed by atoms with E-state index >= 15 is 0 Å². The molecule has 2 heterocycles. The van der Waals surface area contributed by atoms with E-state index < -0.39 is 0 Å². The zero-order valence-corrected chi connectivity index (χ0v) is 15.5. The number of benzene rings is 1. The Kier molecular flexibility index (Phi) is 5.58. The van der Waals surface area contributed by atoms with Gasteiger partial charge in [0.25, 0.3) is 5.91 Å². The monoisotopic (exact) mass is 369 g/mol. The van der Waals surface area contributed by atoms with Crippen molar-refractivity contribution in [1.82, 2.24) is 9.83 Å². The van der Waals surface area contributed by atoms with Gasteiger partial charge in [0.2, 0.25) is 0 Å². The predicted molar refractivity (Wildman–Crippen MR) is 104 cm³/mol. The molecule has 0 aliphatic rings. The van der Waals surface area contributed by atoms with Gasteiger partial charge >= 0.3 is 0 Å². The topological polar surface area (TPSA) is 55.1 Å². The highest BCUT2D eigenvalue weighted by molar-refractivity contribution is 6.30. The Hall–Kier alpha value is -2.79. The van der Waals surface area contributed by atoms with Crippen molar-refractivity contribution in [3.63, 3.8) is 0 Å². The average molecular weight is 370 g/mol. The molecule has 0 radical (unpaired) electrons. The summed E-state index contributed by atoms with van der Waals surface area (Å²) in [6.45, 7) is 3.85. The van der Waals surface area contributed by atoms with Crippen LogP contribution >= 0.6 is 11.6 Å². The molecule has 6 heteroatoms. The lowest BCUT2D eigenvalue weighted by molar-refractivity contribution is -0.123. The lowest BCUT2D eigenvalue weighted by Gasteiger charge is -2.08. The Morgan fingerprint density at radius 1 is 1.31 bits per heavy atom. The third-order valence-corrected chi connectivity index (χ3v) is 4.29. The van der Waals surface area contributed by atoms with Crippen molar-refractivity contribution in [1.29, 1.82) is 0 Å². The number of hydrogen-bond acceptors (Lipinski definition) is 3. The minimum Gasteiger partial charge on any atom is -0.483 e. The molecular weight excluding hydrogens is 350 g/mol. The van der Waals surface area contributed by atoms with E-state index in [0.717, 1.165) is 23.2 Å². The summed E-state index contributed by atoms with van der Waals surface area (Å²) in [6, 6.07) is 13.4. The second-order valence-electron chi connectivity index (χ2n) is 5.90. The number of hydrogen-bond donors (Lipinski definition) is 1. The molecular formula is C20H20ClN3O2. The first-order valence-electron chi connectivity index (χ1n) is 8.38. The Balaban J connectivity index is 1.62. The number of carbonyl (C=O) groups is 1. The minimum atomic E-state index is -0.325. The van der Waals surface area contributed by atoms with Gasteiger partial charge in [-0.2, -0.15) is 5.10 Å². The summed E-state index contributed by atoms with van der Waals surface area (Å²) in [7, 11) is 0. The second kappa shape index (κ2) is 8.06. The van der Waals surface area contributed by atoms with Gasteiger partial charge in [0.15, 0.2) is 6.61 Å². The van der Waals surface area contributed by atoms with Gasteiger partial charge in [0.05, 0.1) is 11.9 Å². The largest absolute Gasteiger partial charge is 0.483 e. The molecule has 3 aromatic rings. The van der Waals surface area contributed by atoms with Gasteiger partial charge in [-0.05, 0) is 60.9 Å². The molecule has 2 aromatic heterocycles. The van der Waals surface area contributed by atoms with Crippen LogP contribution in [0.25, 0.3) is 5.52 Å². The number of aryl methyl sites for hydroxylation is 2. The van der Waals surface area contributed by atoms with Crippen LogP contribution in [0.4, 0.5) is 0 Å². The summed E-state index contributed by atoms with van der Waals surface area (Å²) in [5, 5.41) is 4.71. The molecule has 0 aliphatic heterocycles. The van der Waals surface area contributed by atoms with Crippen molar-refractivity contribution in [2.75, 3.05) is 6.61 Å². The molecule has 3 rings (SSSR count). The van der Waals surface area contributed by atoms with E-state index in [9.17, 15) is 4.79 Å². The number of carbonyl (C=O) groups excluding carboxylic acids is 1. The maximum Gasteiger partial charge on any atom is 0.277 e. The van der Waals surface area contributed by atoms with Crippen molar-refractivity contribution in [3.8, 4) is 5.75 Å². The van der Waals surface area contributed by atoms with Crippen LogP contribution in [0.2, 0.25) is 5.02 Å². The van der Waals surface area contributed by atoms with Gasteiger partial charge in [-0.1, -0.05) is 24.6 Å². The Bertz CT molecular complexity index is 963. The molecule has 0 fully saturated rings. The number of amides is 1. The average Bonchev–Trinajstić information content (AvgIpc) is 2.99. The summed E-state index contributed by atoms with van der Waals surface area (Å²) in [5.74, 6) is 0.300. The summed E-state index contributed by atoms with van der Waals surface area (Å²) in [4.78, 5) is 12.0. The molecule has 0 saturated heterocycles. The van der Waals surface area contributed by atoms with Crippen molar-refractivity contribution in [2.24, 2.45) is 5.10 Å². The van der Waals surface area contributed by atoms with Gasteiger partial charge in [-0.25, -0.2) is 5.43 Å². The molecule has 0 aliphatic carbocycles. The second-order valence-corrected chi connectivity index (χ2v) is 6.33. The molecule has 0 saturated carbocycles. The van der Waals surface area contributed by atoms with Crippen LogP contribution in [0, 0.1) is 6.92 Å². The maximum absolute atomic E-state index is 12.0. The first-order chi connectivity index (χ1) is 12.6. The number of hydrazone groups is 1. The van der Waals surface area contributed by atoms with E-state index in [2.05, 4.69) is 23.5 Å². The van der Waals surface area contributed by atoms with Crippen LogP contribution in [-0.4, -0.2) is 23.1 Å². The molecule has 1 N–H and O–H groups in total. The highest BCUT2D eigenvalue weighted by Crippen LogP contribution is 2.21. The Labute approximate surface area is 157 Å². The quantitative estimate of drug-likeness (QED) is 0.527. The highest BCUT2D eigenvalue weighted by Gasteiger charge is 2.07. The number of halogens is 1. The third-order valence-electron chi connectivity index (χ3n) is 4.05. The number of aromatic nitrogens is 1. The zero-order chi connectivity index (χ0) is 18.5. The van der Waals surface area contributed by atoms with E-state index in [0.29, 0.717) is 10.8 Å². The van der Waals surface area contributed by atoms with Crippen LogP contribution < -0.4 is 10.2 Å². The Morgan fingerprint density at radius 2 is 2.15 bits per heavy atom. The number of pyridine rings is 1. The van der Waals surface area contributed by atoms with Crippen LogP contribution in [0.3, 0.4) is 0 Å². The molecule has 0 unspecified atom stereocenters. The summed E-state index contributed by atoms with van der Waals surface area (Å²) in [6.07, 6.45) is 4.53. The number of rotatable bonds is 6. The molecule has 1 amide bonds. The third kappa shape index (κ3) is 4.06. The van der Waals surface area contributed by atoms with Crippen LogP contribution in [0.5, 0.6) is 5.75 Å². The van der Waals surface area contributed by atoms with Crippen molar-refractivity contribution in [3.05, 3.63) is 70.5 Å². The first kappa shape index (κ1) is 18.0. The van der Waals surface area contributed by atoms with E-state index in [1.54, 1.807) is 24.4 Å². The van der Waals surface area contributed by atoms with Crippen molar-refractivity contribution in [2.45, 2.75) is 20.3 Å². The fourth-order valence-electron chi connectivity index (χ4n) is 2.74. The van der Waals surface area contributed by atoms with Crippen molar-refractivity contribution < 1.29 is 9.53 Å². The smallest absolute Gasteiger partial charge is 0.277 e. The van der Waals surface area contributed by atoms with Gasteiger partial charge in [0, 0.05) is 16.7 Å². The van der Waals surface area contributed by atoms with Gasteiger partial charge in [-0.15, -0.1) is 0 Å². The van der Waals surface area contributed by atoms with Crippen LogP contribution in [0.1, 0.15) is 23.7 Å². The van der Waals surface area contributed by atoms with Gasteiger partial charge in [-0.3, -0.25) is 4.79 Å². The molecule has 0 bridgehead atoms. The molecule has 0 atom stereocenters. The van der Waals surface area contributed by atoms with E-state index in [1.165, 1.54) is 5.56 Å². The minimum absolute atomic E-state index is 0.116. The van der Waals surface area contributed by atoms with E-state index in [-0.39, 0.29) is 12.5 Å². The molecule has 26 heavy (non-hydrogen) atoms. The fourth-order valence-corrected chi connectivity index (χ4v) is 2.97. The highest BCUT2D eigenvalue weighted by atomic mass is 35.5.